The number of carbonyl (C=O) groups is 2. The van der Waals surface area contributed by atoms with Gasteiger partial charge in [0.2, 0.25) is 0 Å². The van der Waals surface area contributed by atoms with Crippen molar-refractivity contribution in [3.05, 3.63) is 35.1 Å². The molecule has 1 heterocycles. The lowest BCUT2D eigenvalue weighted by atomic mass is 10.1. The Kier molecular flexibility index (Phi) is 5.90. The second-order valence-electron chi connectivity index (χ2n) is 6.12. The van der Waals surface area contributed by atoms with Gasteiger partial charge < -0.3 is 10.0 Å². The van der Waals surface area contributed by atoms with E-state index >= 15 is 0 Å². The summed E-state index contributed by atoms with van der Waals surface area (Å²) in [6.07, 6.45) is 4.86. The van der Waals surface area contributed by atoms with E-state index in [1.165, 1.54) is 33.4 Å². The van der Waals surface area contributed by atoms with Crippen molar-refractivity contribution in [2.75, 3.05) is 18.0 Å². The minimum absolute atomic E-state index is 0.0303. The third kappa shape index (κ3) is 4.31. The normalized spacial score (nSPS) is 16.2. The van der Waals surface area contributed by atoms with Gasteiger partial charge in [0.15, 0.2) is 11.6 Å². The van der Waals surface area contributed by atoms with Gasteiger partial charge >= 0.3 is 0 Å². The molecular formula is C19H24N2O3. The second kappa shape index (κ2) is 7.90. The summed E-state index contributed by atoms with van der Waals surface area (Å²) in [6, 6.07) is 5.47. The highest BCUT2D eigenvalue weighted by Crippen LogP contribution is 2.32. The van der Waals surface area contributed by atoms with E-state index in [2.05, 4.69) is 9.89 Å². The number of hydrogen-bond donors (Lipinski definition) is 1. The van der Waals surface area contributed by atoms with E-state index in [1.807, 2.05) is 12.1 Å². The number of aliphatic hydroxyl groups is 1. The summed E-state index contributed by atoms with van der Waals surface area (Å²) in [5.41, 5.74) is 2.35. The highest BCUT2D eigenvalue weighted by atomic mass is 16.3. The number of benzene rings is 1. The smallest absolute Gasteiger partial charge is 0.164 e. The van der Waals surface area contributed by atoms with Gasteiger partial charge in [-0.05, 0) is 58.2 Å². The molecule has 0 aliphatic carbocycles. The molecule has 0 aromatic heterocycles. The molecular weight excluding hydrogens is 304 g/mol. The average molecular weight is 328 g/mol. The number of nitrogens with zero attached hydrogens (tertiary/aromatic N) is 2. The van der Waals surface area contributed by atoms with E-state index in [1.54, 1.807) is 6.07 Å². The topological polar surface area (TPSA) is 70.0 Å². The van der Waals surface area contributed by atoms with Crippen molar-refractivity contribution < 1.29 is 14.7 Å². The van der Waals surface area contributed by atoms with Crippen LogP contribution >= 0.6 is 0 Å². The molecule has 0 spiro atoms. The number of allylic oxidation sites excluding steroid dienone is 2. The summed E-state index contributed by atoms with van der Waals surface area (Å²) in [5.74, 6) is -0.341. The molecule has 1 fully saturated rings. The van der Waals surface area contributed by atoms with Crippen LogP contribution in [-0.4, -0.2) is 36.0 Å². The molecule has 0 unspecified atom stereocenters. The van der Waals surface area contributed by atoms with Gasteiger partial charge in [0, 0.05) is 24.9 Å². The Balaban J connectivity index is 2.44. The number of aliphatic hydroxyl groups excluding tert-OH is 1. The third-order valence-corrected chi connectivity index (χ3v) is 4.18. The molecule has 24 heavy (non-hydrogen) atoms. The first kappa shape index (κ1) is 17.9. The van der Waals surface area contributed by atoms with Gasteiger partial charge in [0.05, 0.1) is 16.9 Å². The molecule has 0 atom stereocenters. The molecule has 1 aromatic rings. The van der Waals surface area contributed by atoms with Crippen LogP contribution in [0.4, 0.5) is 11.4 Å². The van der Waals surface area contributed by atoms with Gasteiger partial charge in [-0.15, -0.1) is 0 Å². The van der Waals surface area contributed by atoms with Crippen molar-refractivity contribution in [2.45, 2.75) is 40.0 Å². The monoisotopic (exact) mass is 328 g/mol. The van der Waals surface area contributed by atoms with Crippen LogP contribution < -0.4 is 4.90 Å². The first-order chi connectivity index (χ1) is 11.4. The quantitative estimate of drug-likeness (QED) is 0.384. The molecule has 0 saturated carbocycles. The van der Waals surface area contributed by atoms with Gasteiger partial charge in [0.25, 0.3) is 0 Å². The first-order valence-corrected chi connectivity index (χ1v) is 8.25. The Morgan fingerprint density at radius 1 is 1.12 bits per heavy atom. The fourth-order valence-corrected chi connectivity index (χ4v) is 2.82. The van der Waals surface area contributed by atoms with Crippen LogP contribution in [0.5, 0.6) is 0 Å². The van der Waals surface area contributed by atoms with Crippen LogP contribution in [-0.2, 0) is 4.79 Å². The maximum Gasteiger partial charge on any atom is 0.164 e. The van der Waals surface area contributed by atoms with Crippen molar-refractivity contribution in [1.82, 2.24) is 0 Å². The Labute approximate surface area is 142 Å². The van der Waals surface area contributed by atoms with E-state index in [4.69, 9.17) is 0 Å². The number of hydrogen-bond acceptors (Lipinski definition) is 5. The van der Waals surface area contributed by atoms with Gasteiger partial charge in [-0.25, -0.2) is 0 Å². The zero-order valence-electron chi connectivity index (χ0n) is 14.5. The van der Waals surface area contributed by atoms with Gasteiger partial charge in [-0.1, -0.05) is 0 Å². The van der Waals surface area contributed by atoms with Crippen molar-refractivity contribution >= 4 is 29.2 Å². The van der Waals surface area contributed by atoms with E-state index in [0.29, 0.717) is 11.3 Å². The molecule has 0 bridgehead atoms. The van der Waals surface area contributed by atoms with Gasteiger partial charge in [0.1, 0.15) is 5.76 Å². The molecule has 1 aliphatic rings. The zero-order chi connectivity index (χ0) is 17.7. The van der Waals surface area contributed by atoms with Crippen LogP contribution in [0.1, 0.15) is 50.4 Å². The second-order valence-corrected chi connectivity index (χ2v) is 6.12. The van der Waals surface area contributed by atoms with Crippen LogP contribution in [0.3, 0.4) is 0 Å². The molecule has 1 aliphatic heterocycles. The lowest BCUT2D eigenvalue weighted by molar-refractivity contribution is -0.113. The minimum atomic E-state index is -0.249. The van der Waals surface area contributed by atoms with Crippen LogP contribution in [0.25, 0.3) is 0 Å². The maximum atomic E-state index is 11.7. The minimum Gasteiger partial charge on any atom is -0.512 e. The standard InChI is InChI=1S/C19H24N2O3/c1-13(22)16-7-8-19(21-9-5-4-6-10-21)18(11-16)20-12-17(14(2)23)15(3)24/h7-8,11-12,23H,4-6,9-10H2,1-3H3. The predicted molar refractivity (Wildman–Crippen MR) is 96.7 cm³/mol. The Hall–Kier alpha value is -2.43. The predicted octanol–water partition coefficient (Wildman–Crippen LogP) is 4.00. The summed E-state index contributed by atoms with van der Waals surface area (Å²) in [5, 5.41) is 9.62. The summed E-state index contributed by atoms with van der Waals surface area (Å²) in [7, 11) is 0. The fraction of sp³-hybridized carbons (Fsp3) is 0.421. The van der Waals surface area contributed by atoms with Crippen molar-refractivity contribution in [3.8, 4) is 0 Å². The summed E-state index contributed by atoms with van der Waals surface area (Å²) < 4.78 is 0. The Bertz CT molecular complexity index is 695. The van der Waals surface area contributed by atoms with Crippen LogP contribution in [0.15, 0.2) is 34.5 Å². The first-order valence-electron chi connectivity index (χ1n) is 8.25. The van der Waals surface area contributed by atoms with E-state index in [-0.39, 0.29) is 22.9 Å². The van der Waals surface area contributed by atoms with Crippen molar-refractivity contribution in [3.63, 3.8) is 0 Å². The maximum absolute atomic E-state index is 11.7. The summed E-state index contributed by atoms with van der Waals surface area (Å²) >= 11 is 0. The highest BCUT2D eigenvalue weighted by Gasteiger charge is 2.16. The molecule has 1 N–H and O–H groups in total. The van der Waals surface area contributed by atoms with Crippen molar-refractivity contribution in [1.29, 1.82) is 0 Å². The molecule has 5 heteroatoms. The lowest BCUT2D eigenvalue weighted by Crippen LogP contribution is -2.29. The molecule has 2 rings (SSSR count). The van der Waals surface area contributed by atoms with Gasteiger partial charge in [-0.3, -0.25) is 14.6 Å². The number of piperidine rings is 1. The lowest BCUT2D eigenvalue weighted by Gasteiger charge is -2.30. The number of ketones is 2. The largest absolute Gasteiger partial charge is 0.512 e. The highest BCUT2D eigenvalue weighted by molar-refractivity contribution is 6.13. The fourth-order valence-electron chi connectivity index (χ4n) is 2.82. The Morgan fingerprint density at radius 2 is 1.79 bits per heavy atom. The van der Waals surface area contributed by atoms with E-state index in [9.17, 15) is 14.7 Å². The molecule has 0 radical (unpaired) electrons. The SMILES string of the molecule is CC(=O)C(C=Nc1cc(C(C)=O)ccc1N1CCCCC1)=C(C)O. The third-order valence-electron chi connectivity index (χ3n) is 4.18. The van der Waals surface area contributed by atoms with E-state index in [0.717, 1.165) is 31.6 Å². The van der Waals surface area contributed by atoms with Crippen LogP contribution in [0, 0.1) is 0 Å². The molecule has 5 nitrogen and oxygen atoms in total. The summed E-state index contributed by atoms with van der Waals surface area (Å²) in [4.78, 5) is 29.9. The number of anilines is 1. The number of aliphatic imine (C=N–C) groups is 1. The molecule has 128 valence electrons. The zero-order valence-corrected chi connectivity index (χ0v) is 14.5. The number of rotatable bonds is 5. The van der Waals surface area contributed by atoms with Crippen molar-refractivity contribution in [2.24, 2.45) is 4.99 Å². The van der Waals surface area contributed by atoms with Crippen LogP contribution in [0.2, 0.25) is 0 Å². The Morgan fingerprint density at radius 3 is 2.33 bits per heavy atom. The van der Waals surface area contributed by atoms with E-state index < -0.39 is 0 Å². The number of carbonyl (C=O) groups excluding carboxylic acids is 2. The summed E-state index contributed by atoms with van der Waals surface area (Å²) in [6.45, 7) is 6.27. The molecule has 1 aromatic carbocycles. The number of Topliss-reactive ketones (excluding diaryl/α,β-unsaturated/α-hetero) is 2. The average Bonchev–Trinajstić information content (AvgIpc) is 2.55. The van der Waals surface area contributed by atoms with Gasteiger partial charge in [-0.2, -0.15) is 0 Å². The molecule has 0 amide bonds. The molecule has 1 saturated heterocycles.